The average molecular weight is 297 g/mol. The number of carbonyl (C=O) groups is 1. The van der Waals surface area contributed by atoms with Crippen molar-refractivity contribution in [3.8, 4) is 0 Å². The molecule has 0 aromatic carbocycles. The minimum absolute atomic E-state index is 0.281. The maximum Gasteiger partial charge on any atom is 0.274 e. The van der Waals surface area contributed by atoms with Crippen molar-refractivity contribution in [2.24, 2.45) is 5.10 Å². The third kappa shape index (κ3) is 3.24. The molecule has 0 atom stereocenters. The van der Waals surface area contributed by atoms with E-state index >= 15 is 0 Å². The molecular weight excluding hydrogens is 284 g/mol. The molecule has 0 fully saturated rings. The molecule has 2 aromatic heterocycles. The minimum atomic E-state index is -0.281. The summed E-state index contributed by atoms with van der Waals surface area (Å²) >= 11 is 7.27. The topological polar surface area (TPSA) is 54.6 Å². The predicted octanol–water partition coefficient (Wildman–Crippen LogP) is 3.77. The van der Waals surface area contributed by atoms with Crippen LogP contribution in [0.3, 0.4) is 0 Å². The summed E-state index contributed by atoms with van der Waals surface area (Å²) in [5.74, 6) is 1.01. The van der Waals surface area contributed by atoms with Crippen LogP contribution in [0.15, 0.2) is 27.7 Å². The molecule has 0 aliphatic carbocycles. The second-order valence-electron chi connectivity index (χ2n) is 4.07. The Bertz CT molecular complexity index is 643. The summed E-state index contributed by atoms with van der Waals surface area (Å²) in [5.41, 5.74) is 3.72. The van der Waals surface area contributed by atoms with E-state index in [1.807, 2.05) is 13.0 Å². The number of nitrogens with one attached hydrogen (secondary N) is 1. The van der Waals surface area contributed by atoms with Crippen LogP contribution >= 0.6 is 22.9 Å². The van der Waals surface area contributed by atoms with Crippen molar-refractivity contribution in [3.05, 3.63) is 44.5 Å². The van der Waals surface area contributed by atoms with Gasteiger partial charge in [0.15, 0.2) is 0 Å². The van der Waals surface area contributed by atoms with Crippen molar-refractivity contribution in [3.63, 3.8) is 0 Å². The van der Waals surface area contributed by atoms with Gasteiger partial charge in [0, 0.05) is 0 Å². The number of hydrazone groups is 1. The Hall–Kier alpha value is -1.59. The van der Waals surface area contributed by atoms with Gasteiger partial charge in [-0.3, -0.25) is 4.79 Å². The van der Waals surface area contributed by atoms with E-state index in [0.717, 1.165) is 4.88 Å². The first-order chi connectivity index (χ1) is 8.97. The van der Waals surface area contributed by atoms with E-state index in [-0.39, 0.29) is 5.91 Å². The number of thiophene rings is 1. The fraction of sp³-hybridized carbons (Fsp3) is 0.231. The van der Waals surface area contributed by atoms with Crippen LogP contribution < -0.4 is 5.43 Å². The highest BCUT2D eigenvalue weighted by Crippen LogP contribution is 2.21. The lowest BCUT2D eigenvalue weighted by Crippen LogP contribution is -2.19. The van der Waals surface area contributed by atoms with Gasteiger partial charge in [-0.1, -0.05) is 11.6 Å². The number of carbonyl (C=O) groups excluding carboxylic acids is 1. The van der Waals surface area contributed by atoms with Crippen LogP contribution in [-0.4, -0.2) is 11.6 Å². The van der Waals surface area contributed by atoms with Crippen LogP contribution in [0.1, 0.15) is 33.7 Å². The monoisotopic (exact) mass is 296 g/mol. The first-order valence-corrected chi connectivity index (χ1v) is 6.84. The van der Waals surface area contributed by atoms with Crippen molar-refractivity contribution < 1.29 is 9.21 Å². The van der Waals surface area contributed by atoms with Gasteiger partial charge in [0.05, 0.1) is 20.5 Å². The minimum Gasteiger partial charge on any atom is -0.466 e. The zero-order valence-electron chi connectivity index (χ0n) is 10.8. The summed E-state index contributed by atoms with van der Waals surface area (Å²) in [6.45, 7) is 5.36. The second-order valence-corrected chi connectivity index (χ2v) is 5.78. The number of rotatable bonds is 3. The molecule has 2 rings (SSSR count). The molecule has 2 aromatic rings. The first-order valence-electron chi connectivity index (χ1n) is 5.64. The molecule has 4 nitrogen and oxygen atoms in total. The van der Waals surface area contributed by atoms with Gasteiger partial charge in [0.1, 0.15) is 11.5 Å². The van der Waals surface area contributed by atoms with Gasteiger partial charge < -0.3 is 4.42 Å². The number of furan rings is 1. The van der Waals surface area contributed by atoms with E-state index in [1.165, 1.54) is 11.3 Å². The molecule has 0 radical (unpaired) electrons. The number of hydrogen-bond acceptors (Lipinski definition) is 4. The molecule has 1 N–H and O–H groups in total. The summed E-state index contributed by atoms with van der Waals surface area (Å²) in [6.07, 6.45) is 0. The molecule has 6 heteroatoms. The van der Waals surface area contributed by atoms with Gasteiger partial charge in [-0.15, -0.1) is 11.3 Å². The van der Waals surface area contributed by atoms with Crippen LogP contribution in [0.2, 0.25) is 4.34 Å². The molecule has 2 heterocycles. The third-order valence-corrected chi connectivity index (χ3v) is 3.88. The number of aryl methyl sites for hydroxylation is 2. The van der Waals surface area contributed by atoms with Crippen molar-refractivity contribution >= 4 is 34.6 Å². The predicted molar refractivity (Wildman–Crippen MR) is 77.2 cm³/mol. The highest BCUT2D eigenvalue weighted by atomic mass is 35.5. The van der Waals surface area contributed by atoms with Crippen molar-refractivity contribution in [1.29, 1.82) is 0 Å². The molecule has 1 amide bonds. The number of hydrogen-bond donors (Lipinski definition) is 1. The fourth-order valence-corrected chi connectivity index (χ4v) is 2.60. The molecule has 0 spiro atoms. The number of halogens is 1. The van der Waals surface area contributed by atoms with E-state index in [2.05, 4.69) is 10.5 Å². The summed E-state index contributed by atoms with van der Waals surface area (Å²) in [6, 6.07) is 5.36. The summed E-state index contributed by atoms with van der Waals surface area (Å²) in [4.78, 5) is 12.8. The van der Waals surface area contributed by atoms with Gasteiger partial charge in [0.25, 0.3) is 5.91 Å². The third-order valence-electron chi connectivity index (χ3n) is 2.54. The van der Waals surface area contributed by atoms with Gasteiger partial charge in [-0.25, -0.2) is 5.43 Å². The highest BCUT2D eigenvalue weighted by molar-refractivity contribution is 7.18. The lowest BCUT2D eigenvalue weighted by Gasteiger charge is -1.99. The molecule has 0 saturated carbocycles. The summed E-state index contributed by atoms with van der Waals surface area (Å²) in [5, 5.41) is 4.06. The second kappa shape index (κ2) is 5.59. The smallest absolute Gasteiger partial charge is 0.274 e. The summed E-state index contributed by atoms with van der Waals surface area (Å²) < 4.78 is 6.00. The van der Waals surface area contributed by atoms with Crippen molar-refractivity contribution in [1.82, 2.24) is 5.43 Å². The maximum absolute atomic E-state index is 11.9. The van der Waals surface area contributed by atoms with Crippen LogP contribution in [0.4, 0.5) is 0 Å². The normalized spacial score (nSPS) is 11.7. The van der Waals surface area contributed by atoms with E-state index < -0.39 is 0 Å². The van der Waals surface area contributed by atoms with Gasteiger partial charge >= 0.3 is 0 Å². The molecule has 19 heavy (non-hydrogen) atoms. The van der Waals surface area contributed by atoms with E-state index in [4.69, 9.17) is 16.0 Å². The highest BCUT2D eigenvalue weighted by Gasteiger charge is 2.13. The van der Waals surface area contributed by atoms with Gasteiger partial charge in [-0.2, -0.15) is 5.10 Å². The summed E-state index contributed by atoms with van der Waals surface area (Å²) in [7, 11) is 0. The maximum atomic E-state index is 11.9. The Morgan fingerprint density at radius 2 is 2.16 bits per heavy atom. The Morgan fingerprint density at radius 3 is 2.68 bits per heavy atom. The number of amides is 1. The molecule has 0 bridgehead atoms. The van der Waals surface area contributed by atoms with E-state index in [9.17, 15) is 4.79 Å². The standard InChI is InChI=1S/C13H13ClN2O2S/c1-7-6-10(9(3)18-7)13(17)16-15-8(2)11-4-5-12(14)19-11/h4-6H,1-3H3,(H,16,17)/b15-8+. The zero-order chi connectivity index (χ0) is 14.0. The van der Waals surface area contributed by atoms with Crippen molar-refractivity contribution in [2.45, 2.75) is 20.8 Å². The molecule has 0 aliphatic rings. The fourth-order valence-electron chi connectivity index (χ4n) is 1.61. The molecule has 0 unspecified atom stereocenters. The Balaban J connectivity index is 2.10. The first kappa shape index (κ1) is 13.8. The zero-order valence-corrected chi connectivity index (χ0v) is 12.4. The van der Waals surface area contributed by atoms with Gasteiger partial charge in [-0.05, 0) is 39.0 Å². The molecule has 100 valence electrons. The largest absolute Gasteiger partial charge is 0.466 e. The number of nitrogens with zero attached hydrogens (tertiary/aromatic N) is 1. The Labute approximate surface area is 120 Å². The molecule has 0 aliphatic heterocycles. The lowest BCUT2D eigenvalue weighted by molar-refractivity contribution is 0.0953. The van der Waals surface area contributed by atoms with Crippen LogP contribution in [-0.2, 0) is 0 Å². The quantitative estimate of drug-likeness (QED) is 0.692. The van der Waals surface area contributed by atoms with Crippen LogP contribution in [0.5, 0.6) is 0 Å². The van der Waals surface area contributed by atoms with Gasteiger partial charge in [0.2, 0.25) is 0 Å². The van der Waals surface area contributed by atoms with Crippen LogP contribution in [0.25, 0.3) is 0 Å². The lowest BCUT2D eigenvalue weighted by atomic mass is 10.2. The average Bonchev–Trinajstić information content (AvgIpc) is 2.92. The van der Waals surface area contributed by atoms with Crippen LogP contribution in [0, 0.1) is 13.8 Å². The van der Waals surface area contributed by atoms with E-state index in [0.29, 0.717) is 27.1 Å². The molecular formula is C13H13ClN2O2S. The SMILES string of the molecule is C/C(=N\NC(=O)c1cc(C)oc1C)c1ccc(Cl)s1. The van der Waals surface area contributed by atoms with Crippen molar-refractivity contribution in [2.75, 3.05) is 0 Å². The van der Waals surface area contributed by atoms with E-state index in [1.54, 1.807) is 26.0 Å². The molecule has 0 saturated heterocycles. The Kier molecular flexibility index (Phi) is 4.07. The Morgan fingerprint density at radius 1 is 1.42 bits per heavy atom.